The first-order valence-corrected chi connectivity index (χ1v) is 10.0. The minimum Gasteiger partial charge on any atom is -0.497 e. The standard InChI is InChI=1S/C25H27N3O3/c1-18-12-14-20(15-13-18)26-23(29)17-28(2)24(19-8-5-4-6-9-19)25(30)27-21-10-7-11-22(16-21)31-3/h4-16,24H,17H2,1-3H3,(H,26,29)(H,27,30)/t24-/m0/s1. The molecular formula is C25H27N3O3. The quantitative estimate of drug-likeness (QED) is 0.575. The fraction of sp³-hybridized carbons (Fsp3) is 0.200. The average molecular weight is 418 g/mol. The molecule has 0 saturated carbocycles. The lowest BCUT2D eigenvalue weighted by Gasteiger charge is -2.27. The molecule has 0 aliphatic rings. The van der Waals surface area contributed by atoms with Gasteiger partial charge in [0, 0.05) is 17.4 Å². The molecule has 0 spiro atoms. The zero-order chi connectivity index (χ0) is 22.2. The molecule has 0 aromatic heterocycles. The van der Waals surface area contributed by atoms with Crippen molar-refractivity contribution >= 4 is 23.2 Å². The number of methoxy groups -OCH3 is 1. The Bertz CT molecular complexity index is 1020. The van der Waals surface area contributed by atoms with Gasteiger partial charge in [-0.25, -0.2) is 0 Å². The summed E-state index contributed by atoms with van der Waals surface area (Å²) in [6.07, 6.45) is 0. The minimum absolute atomic E-state index is 0.0545. The highest BCUT2D eigenvalue weighted by atomic mass is 16.5. The van der Waals surface area contributed by atoms with E-state index in [-0.39, 0.29) is 18.4 Å². The molecule has 1 atom stereocenters. The molecule has 0 aliphatic heterocycles. The number of ether oxygens (including phenoxy) is 1. The van der Waals surface area contributed by atoms with Crippen LogP contribution in [0.3, 0.4) is 0 Å². The van der Waals surface area contributed by atoms with Crippen molar-refractivity contribution in [1.29, 1.82) is 0 Å². The molecule has 3 rings (SSSR count). The molecule has 0 bridgehead atoms. The van der Waals surface area contributed by atoms with Gasteiger partial charge in [-0.05, 0) is 43.8 Å². The van der Waals surface area contributed by atoms with Gasteiger partial charge < -0.3 is 15.4 Å². The van der Waals surface area contributed by atoms with Gasteiger partial charge in [0.15, 0.2) is 0 Å². The number of likely N-dealkylation sites (N-methyl/N-ethyl adjacent to an activating group) is 1. The van der Waals surface area contributed by atoms with Crippen molar-refractivity contribution in [1.82, 2.24) is 4.90 Å². The number of rotatable bonds is 8. The summed E-state index contributed by atoms with van der Waals surface area (Å²) in [6.45, 7) is 2.05. The Balaban J connectivity index is 1.75. The molecule has 6 heteroatoms. The third kappa shape index (κ3) is 6.17. The number of amides is 2. The Morgan fingerprint density at radius 3 is 2.29 bits per heavy atom. The first kappa shape index (κ1) is 22.1. The van der Waals surface area contributed by atoms with Gasteiger partial charge >= 0.3 is 0 Å². The smallest absolute Gasteiger partial charge is 0.246 e. The lowest BCUT2D eigenvalue weighted by atomic mass is 10.0. The van der Waals surface area contributed by atoms with Gasteiger partial charge in [0.2, 0.25) is 11.8 Å². The summed E-state index contributed by atoms with van der Waals surface area (Å²) in [6, 6.07) is 23.5. The number of carbonyl (C=O) groups is 2. The number of nitrogens with zero attached hydrogens (tertiary/aromatic N) is 1. The van der Waals surface area contributed by atoms with Gasteiger partial charge in [-0.15, -0.1) is 0 Å². The Hall–Kier alpha value is -3.64. The summed E-state index contributed by atoms with van der Waals surface area (Å²) >= 11 is 0. The van der Waals surface area contributed by atoms with Crippen LogP contribution in [0.2, 0.25) is 0 Å². The van der Waals surface area contributed by atoms with Crippen molar-refractivity contribution in [3.8, 4) is 5.75 Å². The summed E-state index contributed by atoms with van der Waals surface area (Å²) < 4.78 is 5.23. The van der Waals surface area contributed by atoms with Crippen LogP contribution in [0, 0.1) is 6.92 Å². The minimum atomic E-state index is -0.642. The van der Waals surface area contributed by atoms with E-state index in [4.69, 9.17) is 4.74 Å². The maximum atomic E-state index is 13.2. The van der Waals surface area contributed by atoms with Crippen LogP contribution in [-0.4, -0.2) is 37.4 Å². The number of carbonyl (C=O) groups excluding carboxylic acids is 2. The van der Waals surface area contributed by atoms with Crippen molar-refractivity contribution in [3.05, 3.63) is 90.0 Å². The molecule has 0 fully saturated rings. The van der Waals surface area contributed by atoms with E-state index >= 15 is 0 Å². The molecule has 0 saturated heterocycles. The monoisotopic (exact) mass is 417 g/mol. The van der Waals surface area contributed by atoms with Crippen LogP contribution in [0.25, 0.3) is 0 Å². The molecule has 2 N–H and O–H groups in total. The van der Waals surface area contributed by atoms with Gasteiger partial charge in [0.25, 0.3) is 0 Å². The SMILES string of the molecule is COc1cccc(NC(=O)[C@H](c2ccccc2)N(C)CC(=O)Nc2ccc(C)cc2)c1. The van der Waals surface area contributed by atoms with E-state index in [0.29, 0.717) is 11.4 Å². The molecule has 31 heavy (non-hydrogen) atoms. The molecule has 0 radical (unpaired) electrons. The summed E-state index contributed by atoms with van der Waals surface area (Å²) in [4.78, 5) is 27.5. The van der Waals surface area contributed by atoms with E-state index in [0.717, 1.165) is 16.8 Å². The number of benzene rings is 3. The molecular weight excluding hydrogens is 390 g/mol. The van der Waals surface area contributed by atoms with E-state index in [1.165, 1.54) is 0 Å². The van der Waals surface area contributed by atoms with Crippen LogP contribution >= 0.6 is 0 Å². The molecule has 0 heterocycles. The van der Waals surface area contributed by atoms with Crippen LogP contribution in [0.4, 0.5) is 11.4 Å². The topological polar surface area (TPSA) is 70.7 Å². The highest BCUT2D eigenvalue weighted by molar-refractivity contribution is 5.97. The number of aryl methyl sites for hydroxylation is 1. The molecule has 0 unspecified atom stereocenters. The maximum absolute atomic E-state index is 13.2. The number of anilines is 2. The fourth-order valence-corrected chi connectivity index (χ4v) is 3.31. The fourth-order valence-electron chi connectivity index (χ4n) is 3.31. The second-order valence-electron chi connectivity index (χ2n) is 7.36. The zero-order valence-electron chi connectivity index (χ0n) is 18.0. The van der Waals surface area contributed by atoms with Crippen molar-refractivity contribution in [3.63, 3.8) is 0 Å². The van der Waals surface area contributed by atoms with Crippen LogP contribution in [0.1, 0.15) is 17.2 Å². The first-order valence-electron chi connectivity index (χ1n) is 10.0. The molecule has 160 valence electrons. The van der Waals surface area contributed by atoms with Crippen molar-refractivity contribution in [2.24, 2.45) is 0 Å². The Morgan fingerprint density at radius 2 is 1.61 bits per heavy atom. The van der Waals surface area contributed by atoms with E-state index in [2.05, 4.69) is 10.6 Å². The van der Waals surface area contributed by atoms with Crippen molar-refractivity contribution in [2.75, 3.05) is 31.3 Å². The normalized spacial score (nSPS) is 11.6. The Morgan fingerprint density at radius 1 is 0.903 bits per heavy atom. The largest absolute Gasteiger partial charge is 0.497 e. The van der Waals surface area contributed by atoms with Gasteiger partial charge in [-0.3, -0.25) is 14.5 Å². The average Bonchev–Trinajstić information content (AvgIpc) is 2.76. The van der Waals surface area contributed by atoms with Gasteiger partial charge in [-0.2, -0.15) is 0 Å². The highest BCUT2D eigenvalue weighted by Crippen LogP contribution is 2.23. The molecule has 3 aromatic carbocycles. The van der Waals surface area contributed by atoms with Crippen LogP contribution in [-0.2, 0) is 9.59 Å². The van der Waals surface area contributed by atoms with E-state index in [9.17, 15) is 9.59 Å². The predicted octanol–water partition coefficient (Wildman–Crippen LogP) is 4.25. The Kier molecular flexibility index (Phi) is 7.40. The summed E-state index contributed by atoms with van der Waals surface area (Å²) in [5.74, 6) is 0.228. The second-order valence-corrected chi connectivity index (χ2v) is 7.36. The summed E-state index contributed by atoms with van der Waals surface area (Å²) in [5.41, 5.74) is 3.27. The van der Waals surface area contributed by atoms with Crippen LogP contribution in [0.5, 0.6) is 5.75 Å². The zero-order valence-corrected chi connectivity index (χ0v) is 18.0. The summed E-state index contributed by atoms with van der Waals surface area (Å²) in [7, 11) is 3.34. The van der Waals surface area contributed by atoms with Gasteiger partial charge in [-0.1, -0.05) is 54.1 Å². The number of hydrogen-bond acceptors (Lipinski definition) is 4. The second kappa shape index (κ2) is 10.4. The maximum Gasteiger partial charge on any atom is 0.246 e. The van der Waals surface area contributed by atoms with Crippen molar-refractivity contribution in [2.45, 2.75) is 13.0 Å². The van der Waals surface area contributed by atoms with Crippen molar-refractivity contribution < 1.29 is 14.3 Å². The lowest BCUT2D eigenvalue weighted by molar-refractivity contribution is -0.123. The number of nitrogens with one attached hydrogen (secondary N) is 2. The van der Waals surface area contributed by atoms with E-state index in [1.807, 2.05) is 73.7 Å². The third-order valence-electron chi connectivity index (χ3n) is 4.87. The van der Waals surface area contributed by atoms with E-state index in [1.54, 1.807) is 31.2 Å². The first-order chi connectivity index (χ1) is 15.0. The number of hydrogen-bond donors (Lipinski definition) is 2. The van der Waals surface area contributed by atoms with Gasteiger partial charge in [0.1, 0.15) is 11.8 Å². The van der Waals surface area contributed by atoms with E-state index < -0.39 is 6.04 Å². The summed E-state index contributed by atoms with van der Waals surface area (Å²) in [5, 5.41) is 5.81. The lowest BCUT2D eigenvalue weighted by Crippen LogP contribution is -2.39. The molecule has 3 aromatic rings. The predicted molar refractivity (Wildman–Crippen MR) is 123 cm³/mol. The third-order valence-corrected chi connectivity index (χ3v) is 4.87. The van der Waals surface area contributed by atoms with Crippen LogP contribution in [0.15, 0.2) is 78.9 Å². The van der Waals surface area contributed by atoms with Gasteiger partial charge in [0.05, 0.1) is 13.7 Å². The van der Waals surface area contributed by atoms with Crippen LogP contribution < -0.4 is 15.4 Å². The molecule has 0 aliphatic carbocycles. The molecule has 2 amide bonds. The molecule has 6 nitrogen and oxygen atoms in total. The Labute approximate surface area is 182 Å². The highest BCUT2D eigenvalue weighted by Gasteiger charge is 2.26.